The van der Waals surface area contributed by atoms with E-state index in [9.17, 15) is 14.4 Å². The minimum Gasteiger partial charge on any atom is -0.444 e. The van der Waals surface area contributed by atoms with E-state index in [-0.39, 0.29) is 12.0 Å². The maximum atomic E-state index is 13.2. The highest BCUT2D eigenvalue weighted by Gasteiger charge is 2.34. The van der Waals surface area contributed by atoms with Crippen LogP contribution in [-0.4, -0.2) is 44.9 Å². The molecule has 3 heterocycles. The van der Waals surface area contributed by atoms with E-state index in [2.05, 4.69) is 27.5 Å². The van der Waals surface area contributed by atoms with Crippen molar-refractivity contribution in [2.75, 3.05) is 22.9 Å². The van der Waals surface area contributed by atoms with Gasteiger partial charge in [-0.15, -0.1) is 0 Å². The summed E-state index contributed by atoms with van der Waals surface area (Å²) in [4.78, 5) is 48.2. The lowest BCUT2D eigenvalue weighted by Gasteiger charge is -2.38. The lowest BCUT2D eigenvalue weighted by molar-refractivity contribution is -0.146. The van der Waals surface area contributed by atoms with Crippen LogP contribution in [0.2, 0.25) is 0 Å². The first-order chi connectivity index (χ1) is 16.5. The van der Waals surface area contributed by atoms with Gasteiger partial charge in [-0.25, -0.2) is 14.8 Å². The van der Waals surface area contributed by atoms with Crippen LogP contribution in [0.25, 0.3) is 0 Å². The van der Waals surface area contributed by atoms with Gasteiger partial charge >= 0.3 is 17.9 Å². The summed E-state index contributed by atoms with van der Waals surface area (Å²) in [5.74, 6) is -0.350. The smallest absolute Gasteiger partial charge is 0.413 e. The number of aryl methyl sites for hydroxylation is 1. The van der Waals surface area contributed by atoms with Crippen molar-refractivity contribution >= 4 is 35.2 Å². The first kappa shape index (κ1) is 25.9. The molecule has 3 rings (SSSR count). The van der Waals surface area contributed by atoms with Gasteiger partial charge in [0.15, 0.2) is 0 Å². The minimum absolute atomic E-state index is 0.248. The maximum absolute atomic E-state index is 13.2. The summed E-state index contributed by atoms with van der Waals surface area (Å²) in [6.45, 7) is 9.74. The van der Waals surface area contributed by atoms with E-state index in [1.54, 1.807) is 44.0 Å². The molecule has 1 fully saturated rings. The number of hydrogen-bond donors (Lipinski definition) is 3. The summed E-state index contributed by atoms with van der Waals surface area (Å²) in [5, 5.41) is 5.29. The Morgan fingerprint density at radius 2 is 1.89 bits per heavy atom. The van der Waals surface area contributed by atoms with Gasteiger partial charge in [0.05, 0.1) is 17.9 Å². The summed E-state index contributed by atoms with van der Waals surface area (Å²) in [5.41, 5.74) is 6.97. The second kappa shape index (κ2) is 10.7. The lowest BCUT2D eigenvalue weighted by Crippen LogP contribution is -2.46. The van der Waals surface area contributed by atoms with E-state index in [1.165, 1.54) is 6.20 Å². The molecule has 0 aliphatic carbocycles. The van der Waals surface area contributed by atoms with Crippen LogP contribution in [0.5, 0.6) is 0 Å². The van der Waals surface area contributed by atoms with E-state index < -0.39 is 23.5 Å². The Labute approximate surface area is 205 Å². The molecule has 1 saturated heterocycles. The third-order valence-corrected chi connectivity index (χ3v) is 5.69. The molecule has 1 aliphatic rings. The molecule has 0 saturated carbocycles. The predicted octanol–water partition coefficient (Wildman–Crippen LogP) is 3.91. The summed E-state index contributed by atoms with van der Waals surface area (Å²) in [7, 11) is 0. The Bertz CT molecular complexity index is 1080. The number of nitrogen functional groups attached to an aromatic ring is 1. The molecule has 188 valence electrons. The number of likely N-dealkylation sites (tertiary alicyclic amines) is 1. The number of carbonyl (C=O) groups excluding carboxylic acids is 3. The molecule has 1 aliphatic heterocycles. The van der Waals surface area contributed by atoms with Crippen molar-refractivity contribution in [3.63, 3.8) is 0 Å². The van der Waals surface area contributed by atoms with Crippen LogP contribution in [0, 0.1) is 5.92 Å². The quantitative estimate of drug-likeness (QED) is 0.561. The average Bonchev–Trinajstić information content (AvgIpc) is 2.79. The zero-order valence-corrected chi connectivity index (χ0v) is 20.9. The Morgan fingerprint density at radius 3 is 2.51 bits per heavy atom. The number of amides is 3. The molecule has 35 heavy (non-hydrogen) atoms. The second-order valence-corrected chi connectivity index (χ2v) is 9.84. The Hall–Kier alpha value is -3.69. The normalized spacial score (nSPS) is 18.0. The second-order valence-electron chi connectivity index (χ2n) is 9.84. The molecule has 2 atom stereocenters. The number of anilines is 3. The first-order valence-electron chi connectivity index (χ1n) is 11.8. The molecule has 4 N–H and O–H groups in total. The largest absolute Gasteiger partial charge is 0.444 e. The first-order valence-corrected chi connectivity index (χ1v) is 11.8. The molecular formula is C25H34N6O4. The van der Waals surface area contributed by atoms with Crippen molar-refractivity contribution in [1.29, 1.82) is 0 Å². The van der Waals surface area contributed by atoms with Crippen LogP contribution >= 0.6 is 0 Å². The number of pyridine rings is 2. The molecule has 10 heteroatoms. The van der Waals surface area contributed by atoms with Gasteiger partial charge in [0, 0.05) is 12.7 Å². The summed E-state index contributed by atoms with van der Waals surface area (Å²) in [6.07, 6.45) is 4.66. The molecular weight excluding hydrogens is 448 g/mol. The van der Waals surface area contributed by atoms with Gasteiger partial charge in [0.25, 0.3) is 0 Å². The fourth-order valence-corrected chi connectivity index (χ4v) is 4.01. The van der Waals surface area contributed by atoms with Crippen LogP contribution in [0.3, 0.4) is 0 Å². The van der Waals surface area contributed by atoms with Gasteiger partial charge < -0.3 is 20.7 Å². The number of carbonyl (C=O) groups is 3. The van der Waals surface area contributed by atoms with Crippen molar-refractivity contribution < 1.29 is 19.1 Å². The van der Waals surface area contributed by atoms with E-state index in [0.717, 1.165) is 18.4 Å². The summed E-state index contributed by atoms with van der Waals surface area (Å²) < 4.78 is 5.27. The minimum atomic E-state index is -0.746. The SMILES string of the molecule is CCc1cc(NC(=O)C(=O)N2CC(C)CCC2c2ccc(N)nc2)cnc1NC(=O)OC(C)(C)C. The Morgan fingerprint density at radius 1 is 1.14 bits per heavy atom. The van der Waals surface area contributed by atoms with Gasteiger partial charge in [-0.2, -0.15) is 0 Å². The number of ether oxygens (including phenoxy) is 1. The van der Waals surface area contributed by atoms with Gasteiger partial charge in [-0.3, -0.25) is 14.9 Å². The molecule has 2 unspecified atom stereocenters. The van der Waals surface area contributed by atoms with E-state index in [0.29, 0.717) is 35.9 Å². The average molecular weight is 483 g/mol. The van der Waals surface area contributed by atoms with Crippen LogP contribution in [0.15, 0.2) is 30.6 Å². The van der Waals surface area contributed by atoms with Crippen LogP contribution in [0.4, 0.5) is 22.1 Å². The van der Waals surface area contributed by atoms with Crippen molar-refractivity contribution in [3.8, 4) is 0 Å². The highest BCUT2D eigenvalue weighted by molar-refractivity contribution is 6.39. The van der Waals surface area contributed by atoms with Crippen molar-refractivity contribution in [2.45, 2.75) is 65.5 Å². The number of aromatic nitrogens is 2. The number of rotatable bonds is 4. The number of nitrogens with zero attached hydrogens (tertiary/aromatic N) is 3. The number of hydrogen-bond acceptors (Lipinski definition) is 7. The zero-order chi connectivity index (χ0) is 25.8. The number of piperidine rings is 1. The van der Waals surface area contributed by atoms with Gasteiger partial charge in [0.2, 0.25) is 0 Å². The number of nitrogens with two attached hydrogens (primary N) is 1. The third-order valence-electron chi connectivity index (χ3n) is 5.69. The highest BCUT2D eigenvalue weighted by atomic mass is 16.6. The van der Waals surface area contributed by atoms with Crippen molar-refractivity contribution in [2.24, 2.45) is 5.92 Å². The zero-order valence-electron chi connectivity index (χ0n) is 20.9. The van der Waals surface area contributed by atoms with Gasteiger partial charge in [0.1, 0.15) is 17.2 Å². The molecule has 0 radical (unpaired) electrons. The van der Waals surface area contributed by atoms with E-state index in [4.69, 9.17) is 10.5 Å². The van der Waals surface area contributed by atoms with Crippen LogP contribution in [-0.2, 0) is 20.7 Å². The fourth-order valence-electron chi connectivity index (χ4n) is 4.01. The van der Waals surface area contributed by atoms with Gasteiger partial charge in [-0.05, 0) is 69.2 Å². The highest BCUT2D eigenvalue weighted by Crippen LogP contribution is 2.33. The molecule has 0 bridgehead atoms. The van der Waals surface area contributed by atoms with Crippen LogP contribution in [0.1, 0.15) is 64.6 Å². The van der Waals surface area contributed by atoms with E-state index in [1.807, 2.05) is 13.0 Å². The third kappa shape index (κ3) is 6.91. The molecule has 10 nitrogen and oxygen atoms in total. The van der Waals surface area contributed by atoms with E-state index >= 15 is 0 Å². The topological polar surface area (TPSA) is 140 Å². The fraction of sp³-hybridized carbons (Fsp3) is 0.480. The molecule has 0 aromatic carbocycles. The van der Waals surface area contributed by atoms with Crippen LogP contribution < -0.4 is 16.4 Å². The maximum Gasteiger partial charge on any atom is 0.413 e. The predicted molar refractivity (Wildman–Crippen MR) is 134 cm³/mol. The monoisotopic (exact) mass is 482 g/mol. The van der Waals surface area contributed by atoms with Crippen molar-refractivity contribution in [3.05, 3.63) is 41.7 Å². The summed E-state index contributed by atoms with van der Waals surface area (Å²) in [6, 6.07) is 4.98. The number of nitrogens with one attached hydrogen (secondary N) is 2. The lowest BCUT2D eigenvalue weighted by atomic mass is 9.90. The molecule has 2 aromatic heterocycles. The Kier molecular flexibility index (Phi) is 7.93. The molecule has 2 aromatic rings. The van der Waals surface area contributed by atoms with Gasteiger partial charge in [-0.1, -0.05) is 19.9 Å². The summed E-state index contributed by atoms with van der Waals surface area (Å²) >= 11 is 0. The molecule has 0 spiro atoms. The van der Waals surface area contributed by atoms with Crippen molar-refractivity contribution in [1.82, 2.24) is 14.9 Å². The Balaban J connectivity index is 1.73. The standard InChI is InChI=1S/C25H34N6O4/c1-6-16-11-18(13-28-21(16)30-24(34)35-25(3,4)5)29-22(32)23(33)31-14-15(2)7-9-19(31)17-8-10-20(26)27-12-17/h8,10-13,15,19H,6-7,9,14H2,1-5H3,(H2,26,27)(H,29,32)(H,28,30,34). The molecule has 3 amide bonds.